The maximum atomic E-state index is 13.2. The van der Waals surface area contributed by atoms with Crippen LogP contribution in [0, 0.1) is 0 Å². The van der Waals surface area contributed by atoms with Crippen molar-refractivity contribution in [2.24, 2.45) is 0 Å². The first-order chi connectivity index (χ1) is 15.1. The van der Waals surface area contributed by atoms with Gasteiger partial charge in [0.2, 0.25) is 11.8 Å². The van der Waals surface area contributed by atoms with Crippen molar-refractivity contribution < 1.29 is 18.7 Å². The third-order valence-corrected chi connectivity index (χ3v) is 5.01. The average molecular weight is 417 g/mol. The second-order valence-corrected chi connectivity index (χ2v) is 7.11. The van der Waals surface area contributed by atoms with Crippen LogP contribution in [0.1, 0.15) is 11.3 Å². The van der Waals surface area contributed by atoms with Crippen molar-refractivity contribution in [1.82, 2.24) is 9.88 Å². The molecule has 4 rings (SSSR count). The summed E-state index contributed by atoms with van der Waals surface area (Å²) in [6.45, 7) is 0.0907. The van der Waals surface area contributed by atoms with E-state index in [1.165, 1.54) is 4.90 Å². The normalized spacial score (nSPS) is 10.7. The number of furan rings is 1. The monoisotopic (exact) mass is 417 g/mol. The molecular weight excluding hydrogens is 394 g/mol. The van der Waals surface area contributed by atoms with Gasteiger partial charge in [0.1, 0.15) is 18.1 Å². The highest BCUT2D eigenvalue weighted by Crippen LogP contribution is 2.23. The standard InChI is InChI=1S/C24H23N3O4/c1-30-22-11-5-4-10-21(22)26-23(28)16-27(15-18-7-6-12-31-18)24(29)13-17-14-25-20-9-3-2-8-19(17)20/h2-12,14,25H,13,15-16H2,1H3,(H,26,28). The van der Waals surface area contributed by atoms with Gasteiger partial charge < -0.3 is 24.4 Å². The van der Waals surface area contributed by atoms with Gasteiger partial charge in [-0.05, 0) is 35.9 Å². The number of carbonyl (C=O) groups is 2. The molecule has 7 nitrogen and oxygen atoms in total. The van der Waals surface area contributed by atoms with Crippen molar-refractivity contribution in [3.8, 4) is 5.75 Å². The quantitative estimate of drug-likeness (QED) is 0.454. The van der Waals surface area contributed by atoms with E-state index in [0.29, 0.717) is 17.2 Å². The minimum absolute atomic E-state index is 0.111. The van der Waals surface area contributed by atoms with Crippen LogP contribution in [0.25, 0.3) is 10.9 Å². The van der Waals surface area contributed by atoms with Crippen LogP contribution < -0.4 is 10.1 Å². The first-order valence-electron chi connectivity index (χ1n) is 9.92. The fraction of sp³-hybridized carbons (Fsp3) is 0.167. The van der Waals surface area contributed by atoms with Crippen LogP contribution in [0.4, 0.5) is 5.69 Å². The molecule has 2 aromatic carbocycles. The van der Waals surface area contributed by atoms with E-state index in [0.717, 1.165) is 16.5 Å². The summed E-state index contributed by atoms with van der Waals surface area (Å²) in [4.78, 5) is 30.6. The summed E-state index contributed by atoms with van der Waals surface area (Å²) in [5.41, 5.74) is 2.41. The lowest BCUT2D eigenvalue weighted by atomic mass is 10.1. The molecule has 0 unspecified atom stereocenters. The predicted molar refractivity (Wildman–Crippen MR) is 118 cm³/mol. The number of amides is 2. The van der Waals surface area contributed by atoms with Gasteiger partial charge in [-0.15, -0.1) is 0 Å². The Kier molecular flexibility index (Phi) is 6.03. The summed E-state index contributed by atoms with van der Waals surface area (Å²) >= 11 is 0. The number of carbonyl (C=O) groups excluding carboxylic acids is 2. The number of aromatic nitrogens is 1. The Morgan fingerprint density at radius 3 is 2.68 bits per heavy atom. The number of nitrogens with one attached hydrogen (secondary N) is 2. The van der Waals surface area contributed by atoms with E-state index in [1.54, 1.807) is 43.7 Å². The van der Waals surface area contributed by atoms with Gasteiger partial charge in [-0.25, -0.2) is 0 Å². The number of H-pyrrole nitrogens is 1. The number of para-hydroxylation sites is 3. The predicted octanol–water partition coefficient (Wildman–Crippen LogP) is 3.98. The molecule has 158 valence electrons. The van der Waals surface area contributed by atoms with Crippen LogP contribution in [-0.2, 0) is 22.6 Å². The van der Waals surface area contributed by atoms with Crippen molar-refractivity contribution >= 4 is 28.4 Å². The Hall–Kier alpha value is -4.00. The van der Waals surface area contributed by atoms with Crippen LogP contribution in [-0.4, -0.2) is 35.4 Å². The summed E-state index contributed by atoms with van der Waals surface area (Å²) in [5.74, 6) is 0.676. The van der Waals surface area contributed by atoms with Gasteiger partial charge >= 0.3 is 0 Å². The molecule has 0 aliphatic heterocycles. The Labute approximate surface area is 179 Å². The van der Waals surface area contributed by atoms with E-state index in [4.69, 9.17) is 9.15 Å². The molecule has 7 heteroatoms. The summed E-state index contributed by atoms with van der Waals surface area (Å²) < 4.78 is 10.7. The summed E-state index contributed by atoms with van der Waals surface area (Å²) in [6.07, 6.45) is 3.56. The molecule has 2 N–H and O–H groups in total. The van der Waals surface area contributed by atoms with E-state index in [-0.39, 0.29) is 31.3 Å². The Balaban J connectivity index is 1.51. The topological polar surface area (TPSA) is 87.6 Å². The molecule has 0 fully saturated rings. The van der Waals surface area contributed by atoms with E-state index in [2.05, 4.69) is 10.3 Å². The Morgan fingerprint density at radius 2 is 1.87 bits per heavy atom. The minimum Gasteiger partial charge on any atom is -0.495 e. The molecule has 4 aromatic rings. The van der Waals surface area contributed by atoms with Crippen molar-refractivity contribution in [2.45, 2.75) is 13.0 Å². The molecule has 2 amide bonds. The molecule has 0 saturated carbocycles. The molecule has 0 spiro atoms. The fourth-order valence-electron chi connectivity index (χ4n) is 3.49. The highest BCUT2D eigenvalue weighted by Gasteiger charge is 2.21. The number of fused-ring (bicyclic) bond motifs is 1. The summed E-state index contributed by atoms with van der Waals surface area (Å²) in [5, 5.41) is 3.81. The van der Waals surface area contributed by atoms with Crippen LogP contribution in [0.2, 0.25) is 0 Å². The van der Waals surface area contributed by atoms with Crippen molar-refractivity contribution in [2.75, 3.05) is 19.0 Å². The Morgan fingerprint density at radius 1 is 1.06 bits per heavy atom. The lowest BCUT2D eigenvalue weighted by Crippen LogP contribution is -2.38. The molecule has 0 radical (unpaired) electrons. The smallest absolute Gasteiger partial charge is 0.244 e. The van der Waals surface area contributed by atoms with Gasteiger partial charge in [-0.2, -0.15) is 0 Å². The largest absolute Gasteiger partial charge is 0.495 e. The summed E-state index contributed by atoms with van der Waals surface area (Å²) in [6, 6.07) is 18.5. The highest BCUT2D eigenvalue weighted by molar-refractivity contribution is 5.96. The zero-order valence-electron chi connectivity index (χ0n) is 17.1. The molecule has 0 aliphatic rings. The maximum Gasteiger partial charge on any atom is 0.244 e. The third kappa shape index (κ3) is 4.78. The molecule has 0 atom stereocenters. The number of hydrogen-bond acceptors (Lipinski definition) is 4. The number of benzene rings is 2. The maximum absolute atomic E-state index is 13.2. The van der Waals surface area contributed by atoms with E-state index in [9.17, 15) is 9.59 Å². The zero-order valence-corrected chi connectivity index (χ0v) is 17.1. The third-order valence-electron chi connectivity index (χ3n) is 5.01. The summed E-state index contributed by atoms with van der Waals surface area (Å²) in [7, 11) is 1.54. The molecule has 31 heavy (non-hydrogen) atoms. The molecule has 2 heterocycles. The number of hydrogen-bond donors (Lipinski definition) is 2. The number of nitrogens with zero attached hydrogens (tertiary/aromatic N) is 1. The molecule has 0 bridgehead atoms. The van der Waals surface area contributed by atoms with Crippen molar-refractivity contribution in [3.63, 3.8) is 0 Å². The second-order valence-electron chi connectivity index (χ2n) is 7.11. The van der Waals surface area contributed by atoms with Gasteiger partial charge in [0.05, 0.1) is 32.0 Å². The lowest BCUT2D eigenvalue weighted by Gasteiger charge is -2.21. The molecule has 0 aliphatic carbocycles. The number of rotatable bonds is 8. The first-order valence-corrected chi connectivity index (χ1v) is 9.92. The second kappa shape index (κ2) is 9.21. The fourth-order valence-corrected chi connectivity index (χ4v) is 3.49. The van der Waals surface area contributed by atoms with Crippen molar-refractivity contribution in [3.05, 3.63) is 84.4 Å². The number of ether oxygens (including phenoxy) is 1. The van der Waals surface area contributed by atoms with Crippen LogP contribution in [0.3, 0.4) is 0 Å². The van der Waals surface area contributed by atoms with Gasteiger partial charge in [0.25, 0.3) is 0 Å². The highest BCUT2D eigenvalue weighted by atomic mass is 16.5. The molecule has 2 aromatic heterocycles. The van der Waals surface area contributed by atoms with Crippen LogP contribution >= 0.6 is 0 Å². The SMILES string of the molecule is COc1ccccc1NC(=O)CN(Cc1ccco1)C(=O)Cc1c[nH]c2ccccc12. The van der Waals surface area contributed by atoms with Crippen molar-refractivity contribution in [1.29, 1.82) is 0 Å². The molecular formula is C24H23N3O4. The van der Waals surface area contributed by atoms with Gasteiger partial charge in [-0.3, -0.25) is 9.59 Å². The van der Waals surface area contributed by atoms with Crippen LogP contribution in [0.5, 0.6) is 5.75 Å². The zero-order chi connectivity index (χ0) is 21.6. The average Bonchev–Trinajstić information content (AvgIpc) is 3.44. The Bertz CT molecular complexity index is 1180. The van der Waals surface area contributed by atoms with Gasteiger partial charge in [0, 0.05) is 17.1 Å². The first kappa shape index (κ1) is 20.3. The molecule has 0 saturated heterocycles. The minimum atomic E-state index is -0.316. The van der Waals surface area contributed by atoms with Gasteiger partial charge in [-0.1, -0.05) is 30.3 Å². The van der Waals surface area contributed by atoms with Crippen LogP contribution in [0.15, 0.2) is 77.5 Å². The number of methoxy groups -OCH3 is 1. The van der Waals surface area contributed by atoms with E-state index >= 15 is 0 Å². The lowest BCUT2D eigenvalue weighted by molar-refractivity contribution is -0.134. The van der Waals surface area contributed by atoms with E-state index in [1.807, 2.05) is 36.5 Å². The number of aromatic amines is 1. The number of anilines is 1. The van der Waals surface area contributed by atoms with Gasteiger partial charge in [0.15, 0.2) is 0 Å². The van der Waals surface area contributed by atoms with E-state index < -0.39 is 0 Å².